The lowest BCUT2D eigenvalue weighted by atomic mass is 10.2. The molecule has 1 rings (SSSR count). The number of ether oxygens (including phenoxy) is 3. The van der Waals surface area contributed by atoms with E-state index in [2.05, 4.69) is 0 Å². The van der Waals surface area contributed by atoms with Crippen molar-refractivity contribution in [3.8, 4) is 0 Å². The summed E-state index contributed by atoms with van der Waals surface area (Å²) in [5.74, 6) is -1.22. The van der Waals surface area contributed by atoms with Crippen LogP contribution >= 0.6 is 0 Å². The lowest BCUT2D eigenvalue weighted by Crippen LogP contribution is -2.32. The molecule has 0 spiro atoms. The minimum absolute atomic E-state index is 0.0797. The quantitative estimate of drug-likeness (QED) is 0.532. The second-order valence-electron chi connectivity index (χ2n) is 3.47. The minimum Gasteiger partial charge on any atom is -0.481 e. The lowest BCUT2D eigenvalue weighted by Gasteiger charge is -2.22. The fourth-order valence-electron chi connectivity index (χ4n) is 1.29. The summed E-state index contributed by atoms with van der Waals surface area (Å²) in [5.41, 5.74) is 0. The van der Waals surface area contributed by atoms with Gasteiger partial charge in [0.1, 0.15) is 6.61 Å². The van der Waals surface area contributed by atoms with Crippen molar-refractivity contribution in [1.82, 2.24) is 0 Å². The normalized spacial score (nSPS) is 20.4. The number of carbonyl (C=O) groups is 2. The van der Waals surface area contributed by atoms with Crippen molar-refractivity contribution in [3.63, 3.8) is 0 Å². The van der Waals surface area contributed by atoms with Gasteiger partial charge in [0, 0.05) is 12.8 Å². The Hall–Kier alpha value is -1.14. The van der Waals surface area contributed by atoms with E-state index in [1.54, 1.807) is 0 Å². The van der Waals surface area contributed by atoms with Gasteiger partial charge >= 0.3 is 11.9 Å². The highest BCUT2D eigenvalue weighted by molar-refractivity contribution is 5.69. The molecule has 1 fully saturated rings. The molecule has 1 aliphatic heterocycles. The van der Waals surface area contributed by atoms with Gasteiger partial charge in [0.05, 0.1) is 13.2 Å². The third-order valence-electron chi connectivity index (χ3n) is 2.07. The summed E-state index contributed by atoms with van der Waals surface area (Å²) in [6.45, 7) is 1.21. The Morgan fingerprint density at radius 1 is 1.25 bits per heavy atom. The summed E-state index contributed by atoms with van der Waals surface area (Å²) in [5, 5.41) is 8.39. The van der Waals surface area contributed by atoms with Gasteiger partial charge in [-0.3, -0.25) is 9.59 Å². The highest BCUT2D eigenvalue weighted by atomic mass is 16.7. The zero-order valence-corrected chi connectivity index (χ0v) is 9.02. The highest BCUT2D eigenvalue weighted by Crippen LogP contribution is 2.06. The predicted molar refractivity (Wildman–Crippen MR) is 52.8 cm³/mol. The Balaban J connectivity index is 2.03. The van der Waals surface area contributed by atoms with Crippen LogP contribution in [0.5, 0.6) is 0 Å². The van der Waals surface area contributed by atoms with Crippen LogP contribution < -0.4 is 0 Å². The number of hydrogen-bond acceptors (Lipinski definition) is 5. The average Bonchev–Trinajstić information content (AvgIpc) is 2.25. The summed E-state index contributed by atoms with van der Waals surface area (Å²) in [4.78, 5) is 21.5. The van der Waals surface area contributed by atoms with E-state index in [4.69, 9.17) is 19.3 Å². The van der Waals surface area contributed by atoms with Crippen LogP contribution in [0.15, 0.2) is 0 Å². The van der Waals surface area contributed by atoms with Gasteiger partial charge in [-0.2, -0.15) is 0 Å². The van der Waals surface area contributed by atoms with Crippen molar-refractivity contribution in [1.29, 1.82) is 0 Å². The van der Waals surface area contributed by atoms with Crippen molar-refractivity contribution in [2.45, 2.75) is 32.0 Å². The van der Waals surface area contributed by atoms with Gasteiger partial charge in [0.2, 0.25) is 6.29 Å². The molecule has 1 N–H and O–H groups in total. The Bertz CT molecular complexity index is 233. The van der Waals surface area contributed by atoms with Crippen LogP contribution in [-0.2, 0) is 23.8 Å². The maximum absolute atomic E-state index is 11.3. The standard InChI is InChI=1S/C10H16O6/c11-8(12)3-1-2-4-9(13)16-10-7-14-5-6-15-10/h10H,1-7H2,(H,11,12). The van der Waals surface area contributed by atoms with Crippen LogP contribution in [0.3, 0.4) is 0 Å². The molecule has 0 aromatic rings. The molecule has 92 valence electrons. The van der Waals surface area contributed by atoms with Crippen molar-refractivity contribution in [3.05, 3.63) is 0 Å². The number of aliphatic carboxylic acids is 1. The summed E-state index contributed by atoms with van der Waals surface area (Å²) >= 11 is 0. The second-order valence-corrected chi connectivity index (χ2v) is 3.47. The fraction of sp³-hybridized carbons (Fsp3) is 0.800. The lowest BCUT2D eigenvalue weighted by molar-refractivity contribution is -0.214. The minimum atomic E-state index is -0.850. The highest BCUT2D eigenvalue weighted by Gasteiger charge is 2.18. The van der Waals surface area contributed by atoms with Gasteiger partial charge in [-0.1, -0.05) is 0 Å². The molecule has 0 aliphatic carbocycles. The first-order valence-electron chi connectivity index (χ1n) is 5.29. The van der Waals surface area contributed by atoms with E-state index in [0.29, 0.717) is 26.1 Å². The Labute approximate surface area is 93.5 Å². The molecular formula is C10H16O6. The van der Waals surface area contributed by atoms with E-state index in [1.165, 1.54) is 0 Å². The predicted octanol–water partition coefficient (Wildman–Crippen LogP) is 0.547. The molecule has 1 unspecified atom stereocenters. The van der Waals surface area contributed by atoms with Gasteiger partial charge in [0.15, 0.2) is 0 Å². The zero-order valence-electron chi connectivity index (χ0n) is 9.02. The van der Waals surface area contributed by atoms with E-state index in [1.807, 2.05) is 0 Å². The molecule has 1 heterocycles. The van der Waals surface area contributed by atoms with Crippen LogP contribution in [0.1, 0.15) is 25.7 Å². The topological polar surface area (TPSA) is 82.1 Å². The van der Waals surface area contributed by atoms with Crippen LogP contribution in [-0.4, -0.2) is 43.2 Å². The van der Waals surface area contributed by atoms with E-state index in [-0.39, 0.29) is 25.4 Å². The van der Waals surface area contributed by atoms with Crippen LogP contribution in [0.2, 0.25) is 0 Å². The van der Waals surface area contributed by atoms with Crippen LogP contribution in [0.4, 0.5) is 0 Å². The number of unbranched alkanes of at least 4 members (excludes halogenated alkanes) is 1. The Kier molecular flexibility index (Phi) is 5.81. The number of esters is 1. The van der Waals surface area contributed by atoms with Crippen LogP contribution in [0, 0.1) is 0 Å². The first-order valence-corrected chi connectivity index (χ1v) is 5.29. The molecule has 0 bridgehead atoms. The number of hydrogen-bond donors (Lipinski definition) is 1. The van der Waals surface area contributed by atoms with Crippen molar-refractivity contribution >= 4 is 11.9 Å². The number of rotatable bonds is 6. The van der Waals surface area contributed by atoms with Crippen LogP contribution in [0.25, 0.3) is 0 Å². The number of carboxylic acids is 1. The Morgan fingerprint density at radius 3 is 2.62 bits per heavy atom. The van der Waals surface area contributed by atoms with Gasteiger partial charge in [-0.25, -0.2) is 0 Å². The van der Waals surface area contributed by atoms with Crippen molar-refractivity contribution in [2.75, 3.05) is 19.8 Å². The zero-order chi connectivity index (χ0) is 11.8. The average molecular weight is 232 g/mol. The fourth-order valence-corrected chi connectivity index (χ4v) is 1.29. The number of carboxylic acid groups (broad SMARTS) is 1. The largest absolute Gasteiger partial charge is 0.481 e. The van der Waals surface area contributed by atoms with E-state index in [0.717, 1.165) is 0 Å². The third kappa shape index (κ3) is 5.67. The van der Waals surface area contributed by atoms with Gasteiger partial charge in [0.25, 0.3) is 0 Å². The van der Waals surface area contributed by atoms with E-state index >= 15 is 0 Å². The Morgan fingerprint density at radius 2 is 2.00 bits per heavy atom. The summed E-state index contributed by atoms with van der Waals surface area (Å²) in [6, 6.07) is 0. The molecule has 0 saturated carbocycles. The van der Waals surface area contributed by atoms with Gasteiger partial charge in [-0.05, 0) is 12.8 Å². The summed E-state index contributed by atoms with van der Waals surface area (Å²) < 4.78 is 15.2. The maximum atomic E-state index is 11.3. The van der Waals surface area contributed by atoms with Crippen molar-refractivity contribution in [2.24, 2.45) is 0 Å². The molecule has 1 saturated heterocycles. The summed E-state index contributed by atoms with van der Waals surface area (Å²) in [6.07, 6.45) is 0.676. The second kappa shape index (κ2) is 7.19. The molecule has 1 atom stereocenters. The molecule has 1 aliphatic rings. The van der Waals surface area contributed by atoms with E-state index < -0.39 is 12.3 Å². The monoisotopic (exact) mass is 232 g/mol. The number of carbonyl (C=O) groups excluding carboxylic acids is 1. The third-order valence-corrected chi connectivity index (χ3v) is 2.07. The smallest absolute Gasteiger partial charge is 0.308 e. The molecule has 6 nitrogen and oxygen atoms in total. The van der Waals surface area contributed by atoms with Gasteiger partial charge < -0.3 is 19.3 Å². The molecule has 0 radical (unpaired) electrons. The van der Waals surface area contributed by atoms with Gasteiger partial charge in [-0.15, -0.1) is 0 Å². The molecule has 6 heteroatoms. The maximum Gasteiger partial charge on any atom is 0.308 e. The SMILES string of the molecule is O=C(O)CCCCC(=O)OC1COCCO1. The summed E-state index contributed by atoms with van der Waals surface area (Å²) in [7, 11) is 0. The molecule has 0 aromatic heterocycles. The molecule has 0 amide bonds. The first kappa shape index (κ1) is 12.9. The molecule has 16 heavy (non-hydrogen) atoms. The molecular weight excluding hydrogens is 216 g/mol. The van der Waals surface area contributed by atoms with E-state index in [9.17, 15) is 9.59 Å². The first-order chi connectivity index (χ1) is 7.68. The van der Waals surface area contributed by atoms with Crippen molar-refractivity contribution < 1.29 is 28.9 Å². The molecule has 0 aromatic carbocycles.